The number of hydrogen-bond donors (Lipinski definition) is 2. The highest BCUT2D eigenvalue weighted by molar-refractivity contribution is 7.11. The number of nitrogens with zero attached hydrogens (tertiary/aromatic N) is 1. The van der Waals surface area contributed by atoms with Crippen molar-refractivity contribution in [2.24, 2.45) is 0 Å². The Morgan fingerprint density at radius 3 is 2.91 bits per heavy atom. The van der Waals surface area contributed by atoms with Crippen molar-refractivity contribution in [2.75, 3.05) is 19.7 Å². The first-order valence-corrected chi connectivity index (χ1v) is 9.07. The van der Waals surface area contributed by atoms with Crippen LogP contribution < -0.4 is 10.1 Å². The highest BCUT2D eigenvalue weighted by Gasteiger charge is 2.33. The van der Waals surface area contributed by atoms with E-state index in [4.69, 9.17) is 4.74 Å². The Bertz CT molecular complexity index is 619. The van der Waals surface area contributed by atoms with Crippen molar-refractivity contribution in [3.05, 3.63) is 45.9 Å². The highest BCUT2D eigenvalue weighted by Crippen LogP contribution is 2.35. The smallest absolute Gasteiger partial charge is 0.125 e. The first-order valence-electron chi connectivity index (χ1n) is 8.25. The first kappa shape index (κ1) is 16.4. The molecule has 0 saturated carbocycles. The number of rotatable bonds is 5. The lowest BCUT2D eigenvalue weighted by molar-refractivity contribution is 0.0237. The number of aromatic nitrogens is 1. The van der Waals surface area contributed by atoms with E-state index in [-0.39, 0.29) is 0 Å². The fourth-order valence-corrected chi connectivity index (χ4v) is 4.09. The van der Waals surface area contributed by atoms with Crippen LogP contribution in [0.1, 0.15) is 34.8 Å². The Kier molecular flexibility index (Phi) is 5.30. The summed E-state index contributed by atoms with van der Waals surface area (Å²) in [5.41, 5.74) is 0.254. The van der Waals surface area contributed by atoms with E-state index < -0.39 is 5.60 Å². The lowest BCUT2D eigenvalue weighted by Crippen LogP contribution is -2.27. The van der Waals surface area contributed by atoms with Crippen LogP contribution in [0.15, 0.2) is 30.3 Å². The van der Waals surface area contributed by atoms with Gasteiger partial charge in [0, 0.05) is 11.3 Å². The third-order valence-electron chi connectivity index (χ3n) is 4.29. The molecule has 1 fully saturated rings. The zero-order valence-electron chi connectivity index (χ0n) is 13.5. The van der Waals surface area contributed by atoms with Gasteiger partial charge in [0.15, 0.2) is 0 Å². The molecule has 124 valence electrons. The second-order valence-corrected chi connectivity index (χ2v) is 7.16. The largest absolute Gasteiger partial charge is 0.493 e. The zero-order chi connectivity index (χ0) is 16.1. The van der Waals surface area contributed by atoms with Crippen molar-refractivity contribution in [1.82, 2.24) is 10.3 Å². The lowest BCUT2D eigenvalue weighted by Gasteiger charge is -2.23. The van der Waals surface area contributed by atoms with E-state index in [0.29, 0.717) is 6.61 Å². The van der Waals surface area contributed by atoms with E-state index in [1.54, 1.807) is 11.3 Å². The molecular formula is C18H24N2O2S. The van der Waals surface area contributed by atoms with Gasteiger partial charge in [-0.05, 0) is 51.4 Å². The first-order chi connectivity index (χ1) is 11.2. The standard InChI is InChI=1S/C18H24N2O2S/c1-14-16(8-13-22-15-6-3-2-4-7-15)23-17(20-14)18(21)9-5-11-19-12-10-18/h2-4,6-7,19,21H,5,8-13H2,1H3/t18-/m1/s1. The third kappa shape index (κ3) is 4.10. The van der Waals surface area contributed by atoms with Crippen LogP contribution in [0.4, 0.5) is 0 Å². The Labute approximate surface area is 141 Å². The minimum absolute atomic E-state index is 0.631. The molecule has 2 aromatic rings. The summed E-state index contributed by atoms with van der Waals surface area (Å²) in [4.78, 5) is 5.87. The topological polar surface area (TPSA) is 54.4 Å². The number of benzene rings is 1. The van der Waals surface area contributed by atoms with Gasteiger partial charge in [0.25, 0.3) is 0 Å². The normalized spacial score (nSPS) is 21.8. The molecule has 1 atom stereocenters. The monoisotopic (exact) mass is 332 g/mol. The Balaban J connectivity index is 1.63. The van der Waals surface area contributed by atoms with Crippen LogP contribution in [0.3, 0.4) is 0 Å². The molecule has 1 aliphatic heterocycles. The summed E-state index contributed by atoms with van der Waals surface area (Å²) >= 11 is 1.64. The fourth-order valence-electron chi connectivity index (χ4n) is 2.90. The molecule has 0 unspecified atom stereocenters. The fraction of sp³-hybridized carbons (Fsp3) is 0.500. The average Bonchev–Trinajstić information content (AvgIpc) is 2.79. The lowest BCUT2D eigenvalue weighted by atomic mass is 9.96. The number of aryl methyl sites for hydroxylation is 1. The molecule has 2 heterocycles. The van der Waals surface area contributed by atoms with Gasteiger partial charge in [-0.15, -0.1) is 11.3 Å². The average molecular weight is 332 g/mol. The van der Waals surface area contributed by atoms with Gasteiger partial charge in [0.2, 0.25) is 0 Å². The molecule has 1 aliphatic rings. The minimum Gasteiger partial charge on any atom is -0.493 e. The Morgan fingerprint density at radius 2 is 2.09 bits per heavy atom. The maximum absolute atomic E-state index is 10.9. The molecule has 3 rings (SSSR count). The quantitative estimate of drug-likeness (QED) is 0.884. The van der Waals surface area contributed by atoms with Gasteiger partial charge in [0.05, 0.1) is 12.3 Å². The summed E-state index contributed by atoms with van der Waals surface area (Å²) < 4.78 is 5.77. The minimum atomic E-state index is -0.766. The second-order valence-electron chi connectivity index (χ2n) is 6.07. The van der Waals surface area contributed by atoms with Crippen molar-refractivity contribution >= 4 is 11.3 Å². The molecule has 0 aliphatic carbocycles. The molecular weight excluding hydrogens is 308 g/mol. The molecule has 0 amide bonds. The van der Waals surface area contributed by atoms with Gasteiger partial charge in [-0.25, -0.2) is 4.98 Å². The van der Waals surface area contributed by atoms with Crippen LogP contribution in [-0.2, 0) is 12.0 Å². The van der Waals surface area contributed by atoms with E-state index in [9.17, 15) is 5.11 Å². The number of hydrogen-bond acceptors (Lipinski definition) is 5. The predicted molar refractivity (Wildman–Crippen MR) is 93.1 cm³/mol. The van der Waals surface area contributed by atoms with Crippen molar-refractivity contribution in [1.29, 1.82) is 0 Å². The molecule has 4 nitrogen and oxygen atoms in total. The van der Waals surface area contributed by atoms with Crippen LogP contribution in [0.2, 0.25) is 0 Å². The van der Waals surface area contributed by atoms with Crippen LogP contribution in [-0.4, -0.2) is 29.8 Å². The molecule has 1 saturated heterocycles. The van der Waals surface area contributed by atoms with E-state index >= 15 is 0 Å². The van der Waals surface area contributed by atoms with Gasteiger partial charge in [0.1, 0.15) is 16.4 Å². The summed E-state index contributed by atoms with van der Waals surface area (Å²) in [5, 5.41) is 15.2. The third-order valence-corrected chi connectivity index (χ3v) is 5.70. The SMILES string of the molecule is Cc1nc([C@@]2(O)CCCNCC2)sc1CCOc1ccccc1. The molecule has 0 bridgehead atoms. The van der Waals surface area contributed by atoms with Crippen molar-refractivity contribution in [3.63, 3.8) is 0 Å². The van der Waals surface area contributed by atoms with Crippen LogP contribution in [0.25, 0.3) is 0 Å². The van der Waals surface area contributed by atoms with Crippen LogP contribution in [0.5, 0.6) is 5.75 Å². The maximum atomic E-state index is 10.9. The summed E-state index contributed by atoms with van der Waals surface area (Å²) in [5.74, 6) is 0.892. The molecule has 5 heteroatoms. The van der Waals surface area contributed by atoms with Gasteiger partial charge in [-0.1, -0.05) is 18.2 Å². The summed E-state index contributed by atoms with van der Waals surface area (Å²) in [6, 6.07) is 9.86. The number of para-hydroxylation sites is 1. The molecule has 1 aromatic heterocycles. The summed E-state index contributed by atoms with van der Waals surface area (Å²) in [6.45, 7) is 4.48. The Hall–Kier alpha value is -1.43. The van der Waals surface area contributed by atoms with E-state index in [2.05, 4.69) is 10.3 Å². The van der Waals surface area contributed by atoms with Gasteiger partial charge < -0.3 is 15.2 Å². The number of ether oxygens (including phenoxy) is 1. The number of thiazole rings is 1. The molecule has 23 heavy (non-hydrogen) atoms. The number of nitrogens with one attached hydrogen (secondary N) is 1. The van der Waals surface area contributed by atoms with Gasteiger partial charge in [-0.2, -0.15) is 0 Å². The second kappa shape index (κ2) is 7.43. The van der Waals surface area contributed by atoms with E-state index in [1.165, 1.54) is 4.88 Å². The molecule has 1 aromatic carbocycles. The highest BCUT2D eigenvalue weighted by atomic mass is 32.1. The van der Waals surface area contributed by atoms with Gasteiger partial charge >= 0.3 is 0 Å². The van der Waals surface area contributed by atoms with Crippen LogP contribution in [0, 0.1) is 6.92 Å². The maximum Gasteiger partial charge on any atom is 0.125 e. The van der Waals surface area contributed by atoms with Gasteiger partial charge in [-0.3, -0.25) is 0 Å². The Morgan fingerprint density at radius 1 is 1.26 bits per heavy atom. The van der Waals surface area contributed by atoms with Crippen molar-refractivity contribution in [2.45, 2.75) is 38.2 Å². The molecule has 0 spiro atoms. The van der Waals surface area contributed by atoms with E-state index in [0.717, 1.165) is 55.2 Å². The van der Waals surface area contributed by atoms with Crippen LogP contribution >= 0.6 is 11.3 Å². The molecule has 0 radical (unpaired) electrons. The summed E-state index contributed by atoms with van der Waals surface area (Å²) in [7, 11) is 0. The summed E-state index contributed by atoms with van der Waals surface area (Å²) in [6.07, 6.45) is 3.33. The predicted octanol–water partition coefficient (Wildman–Crippen LogP) is 3.03. The molecule has 2 N–H and O–H groups in total. The number of aliphatic hydroxyl groups is 1. The van der Waals surface area contributed by atoms with E-state index in [1.807, 2.05) is 37.3 Å². The van der Waals surface area contributed by atoms with Crippen molar-refractivity contribution < 1.29 is 9.84 Å². The zero-order valence-corrected chi connectivity index (χ0v) is 14.4. The van der Waals surface area contributed by atoms with Crippen molar-refractivity contribution in [3.8, 4) is 5.75 Å².